The molecular weight excluding hydrogens is 290 g/mol. The largest absolute Gasteiger partial charge is 0.491 e. The normalized spacial score (nSPS) is 14.0. The summed E-state index contributed by atoms with van der Waals surface area (Å²) in [7, 11) is 0. The van der Waals surface area contributed by atoms with E-state index in [1.165, 1.54) is 6.20 Å². The summed E-state index contributed by atoms with van der Waals surface area (Å²) >= 11 is 6.03. The highest BCUT2D eigenvalue weighted by Gasteiger charge is 2.25. The van der Waals surface area contributed by atoms with E-state index in [1.807, 2.05) is 24.3 Å². The van der Waals surface area contributed by atoms with Crippen LogP contribution in [0, 0.1) is 0 Å². The Morgan fingerprint density at radius 2 is 2.19 bits per heavy atom. The van der Waals surface area contributed by atoms with Gasteiger partial charge in [-0.3, -0.25) is 4.79 Å². The van der Waals surface area contributed by atoms with Gasteiger partial charge in [-0.25, -0.2) is 4.98 Å². The number of nitrogens with zero attached hydrogens (tertiary/aromatic N) is 2. The molecule has 1 aliphatic rings. The number of aromatic nitrogens is 1. The third-order valence-corrected chi connectivity index (χ3v) is 3.58. The van der Waals surface area contributed by atoms with Gasteiger partial charge in [-0.2, -0.15) is 0 Å². The molecule has 1 aromatic carbocycles. The fourth-order valence-electron chi connectivity index (χ4n) is 2.30. The molecule has 2 N–H and O–H groups in total. The number of benzene rings is 1. The Balaban J connectivity index is 2.03. The molecule has 0 fully saturated rings. The summed E-state index contributed by atoms with van der Waals surface area (Å²) in [6.45, 7) is 1.13. The molecule has 0 saturated carbocycles. The molecule has 0 atom stereocenters. The first-order valence-electron chi connectivity index (χ1n) is 6.61. The van der Waals surface area contributed by atoms with Crippen LogP contribution in [0.1, 0.15) is 16.8 Å². The van der Waals surface area contributed by atoms with Gasteiger partial charge in [0.15, 0.2) is 0 Å². The monoisotopic (exact) mass is 303 g/mol. The minimum atomic E-state index is -0.224. The Bertz CT molecular complexity index is 690. The van der Waals surface area contributed by atoms with E-state index in [9.17, 15) is 4.79 Å². The maximum absolute atomic E-state index is 12.8. The summed E-state index contributed by atoms with van der Waals surface area (Å²) in [4.78, 5) is 18.4. The molecule has 0 saturated heterocycles. The lowest BCUT2D eigenvalue weighted by Gasteiger charge is -2.22. The number of amides is 1. The van der Waals surface area contributed by atoms with Crippen molar-refractivity contribution < 1.29 is 9.53 Å². The molecule has 0 aliphatic carbocycles. The summed E-state index contributed by atoms with van der Waals surface area (Å²) in [6, 6.07) is 8.99. The number of hydrogen-bond donors (Lipinski definition) is 1. The number of nitrogens with two attached hydrogens (primary N) is 1. The van der Waals surface area contributed by atoms with Gasteiger partial charge in [-0.05, 0) is 24.6 Å². The molecule has 0 unspecified atom stereocenters. The summed E-state index contributed by atoms with van der Waals surface area (Å²) in [5.74, 6) is 0.467. The van der Waals surface area contributed by atoms with Gasteiger partial charge in [0.25, 0.3) is 5.91 Å². The van der Waals surface area contributed by atoms with Crippen molar-refractivity contribution in [3.05, 3.63) is 47.2 Å². The number of halogens is 1. The van der Waals surface area contributed by atoms with E-state index in [1.54, 1.807) is 11.0 Å². The summed E-state index contributed by atoms with van der Waals surface area (Å²) < 4.78 is 5.65. The zero-order valence-electron chi connectivity index (χ0n) is 11.3. The average Bonchev–Trinajstić information content (AvgIpc) is 2.71. The van der Waals surface area contributed by atoms with Crippen molar-refractivity contribution in [3.63, 3.8) is 0 Å². The van der Waals surface area contributed by atoms with Gasteiger partial charge in [0.2, 0.25) is 0 Å². The number of hydrogen-bond acceptors (Lipinski definition) is 4. The van der Waals surface area contributed by atoms with Crippen LogP contribution in [0.25, 0.3) is 0 Å². The van der Waals surface area contributed by atoms with Gasteiger partial charge < -0.3 is 15.4 Å². The van der Waals surface area contributed by atoms with Crippen LogP contribution in [-0.4, -0.2) is 24.0 Å². The minimum absolute atomic E-state index is 0.150. The van der Waals surface area contributed by atoms with E-state index in [-0.39, 0.29) is 11.1 Å². The first kappa shape index (κ1) is 13.7. The standard InChI is InChI=1S/C15H14ClN3O2/c16-14-11(8-10(17)9-18-14)15(20)19-6-3-7-21-13-5-2-1-4-12(13)19/h1-2,4-5,8-9H,3,6-7,17H2. The molecule has 1 aromatic heterocycles. The molecule has 5 nitrogen and oxygen atoms in total. The quantitative estimate of drug-likeness (QED) is 0.823. The fraction of sp³-hybridized carbons (Fsp3) is 0.200. The smallest absolute Gasteiger partial charge is 0.261 e. The Morgan fingerprint density at radius 3 is 3.05 bits per heavy atom. The topological polar surface area (TPSA) is 68.5 Å². The van der Waals surface area contributed by atoms with E-state index in [2.05, 4.69) is 4.98 Å². The lowest BCUT2D eigenvalue weighted by molar-refractivity contribution is 0.0987. The SMILES string of the molecule is Nc1cnc(Cl)c(C(=O)N2CCCOc3ccccc32)c1. The van der Waals surface area contributed by atoms with E-state index >= 15 is 0 Å². The number of anilines is 2. The van der Waals surface area contributed by atoms with E-state index in [0.29, 0.717) is 30.2 Å². The first-order chi connectivity index (χ1) is 10.2. The highest BCUT2D eigenvalue weighted by Crippen LogP contribution is 2.32. The second kappa shape index (κ2) is 5.61. The minimum Gasteiger partial charge on any atom is -0.491 e. The number of rotatable bonds is 1. The van der Waals surface area contributed by atoms with Crippen molar-refractivity contribution in [1.82, 2.24) is 4.98 Å². The molecule has 21 heavy (non-hydrogen) atoms. The lowest BCUT2D eigenvalue weighted by Crippen LogP contribution is -2.31. The molecule has 2 heterocycles. The molecule has 0 radical (unpaired) electrons. The van der Waals surface area contributed by atoms with Crippen molar-refractivity contribution in [2.75, 3.05) is 23.8 Å². The lowest BCUT2D eigenvalue weighted by atomic mass is 10.2. The zero-order valence-corrected chi connectivity index (χ0v) is 12.0. The van der Waals surface area contributed by atoms with Crippen molar-refractivity contribution in [3.8, 4) is 5.75 Å². The van der Waals surface area contributed by atoms with Crippen LogP contribution in [-0.2, 0) is 0 Å². The number of para-hydroxylation sites is 2. The molecule has 0 bridgehead atoms. The van der Waals surface area contributed by atoms with Crippen LogP contribution in [0.2, 0.25) is 5.15 Å². The highest BCUT2D eigenvalue weighted by atomic mass is 35.5. The Kier molecular flexibility index (Phi) is 3.66. The van der Waals surface area contributed by atoms with E-state index in [0.717, 1.165) is 12.1 Å². The predicted molar refractivity (Wildman–Crippen MR) is 81.9 cm³/mol. The van der Waals surface area contributed by atoms with Crippen molar-refractivity contribution in [2.45, 2.75) is 6.42 Å². The number of carbonyl (C=O) groups is 1. The zero-order chi connectivity index (χ0) is 14.8. The molecule has 1 amide bonds. The number of fused-ring (bicyclic) bond motifs is 1. The van der Waals surface area contributed by atoms with Crippen LogP contribution in [0.15, 0.2) is 36.5 Å². The Hall–Kier alpha value is -2.27. The molecule has 108 valence electrons. The average molecular weight is 304 g/mol. The van der Waals surface area contributed by atoms with Gasteiger partial charge >= 0.3 is 0 Å². The number of carbonyl (C=O) groups excluding carboxylic acids is 1. The molecule has 3 rings (SSSR count). The highest BCUT2D eigenvalue weighted by molar-refractivity contribution is 6.33. The van der Waals surface area contributed by atoms with Crippen LogP contribution < -0.4 is 15.4 Å². The second-order valence-electron chi connectivity index (χ2n) is 4.73. The summed E-state index contributed by atoms with van der Waals surface area (Å²) in [5.41, 5.74) is 7.14. The van der Waals surface area contributed by atoms with Gasteiger partial charge in [0.1, 0.15) is 10.9 Å². The third-order valence-electron chi connectivity index (χ3n) is 3.28. The first-order valence-corrected chi connectivity index (χ1v) is 6.99. The number of nitrogen functional groups attached to an aromatic ring is 1. The number of ether oxygens (including phenoxy) is 1. The van der Waals surface area contributed by atoms with E-state index in [4.69, 9.17) is 22.1 Å². The van der Waals surface area contributed by atoms with Crippen molar-refractivity contribution in [1.29, 1.82) is 0 Å². The number of pyridine rings is 1. The molecule has 6 heteroatoms. The second-order valence-corrected chi connectivity index (χ2v) is 5.09. The summed E-state index contributed by atoms with van der Waals surface area (Å²) in [6.07, 6.45) is 2.17. The third kappa shape index (κ3) is 2.64. The molecule has 0 spiro atoms. The van der Waals surface area contributed by atoms with E-state index < -0.39 is 0 Å². The Labute approximate surface area is 127 Å². The van der Waals surface area contributed by atoms with Crippen LogP contribution in [0.5, 0.6) is 5.75 Å². The van der Waals surface area contributed by atoms with Gasteiger partial charge in [-0.1, -0.05) is 23.7 Å². The Morgan fingerprint density at radius 1 is 1.38 bits per heavy atom. The molecular formula is C15H14ClN3O2. The maximum atomic E-state index is 12.8. The van der Waals surface area contributed by atoms with Gasteiger partial charge in [-0.15, -0.1) is 0 Å². The molecule has 2 aromatic rings. The van der Waals surface area contributed by atoms with Crippen molar-refractivity contribution >= 4 is 28.9 Å². The van der Waals surface area contributed by atoms with Crippen LogP contribution in [0.3, 0.4) is 0 Å². The van der Waals surface area contributed by atoms with Crippen LogP contribution in [0.4, 0.5) is 11.4 Å². The van der Waals surface area contributed by atoms with Crippen molar-refractivity contribution in [2.24, 2.45) is 0 Å². The predicted octanol–water partition coefficient (Wildman–Crippen LogP) is 2.75. The summed E-state index contributed by atoms with van der Waals surface area (Å²) in [5, 5.41) is 0.150. The van der Waals surface area contributed by atoms with Crippen LogP contribution >= 0.6 is 11.6 Å². The molecule has 1 aliphatic heterocycles. The maximum Gasteiger partial charge on any atom is 0.261 e. The van der Waals surface area contributed by atoms with Gasteiger partial charge in [0.05, 0.1) is 29.7 Å². The fourth-order valence-corrected chi connectivity index (χ4v) is 2.48. The van der Waals surface area contributed by atoms with Gasteiger partial charge in [0, 0.05) is 6.54 Å².